The third kappa shape index (κ3) is 4.28. The van der Waals surface area contributed by atoms with Crippen molar-refractivity contribution in [1.82, 2.24) is 0 Å². The summed E-state index contributed by atoms with van der Waals surface area (Å²) in [6.45, 7) is 7.73. The van der Waals surface area contributed by atoms with Crippen LogP contribution in [0.2, 0.25) is 0 Å². The number of carbonyl (C=O) groups is 1. The van der Waals surface area contributed by atoms with Gasteiger partial charge in [0.15, 0.2) is 11.4 Å². The summed E-state index contributed by atoms with van der Waals surface area (Å²) in [6.07, 6.45) is 3.36. The molecule has 0 fully saturated rings. The summed E-state index contributed by atoms with van der Waals surface area (Å²) in [5, 5.41) is 20.2. The summed E-state index contributed by atoms with van der Waals surface area (Å²) in [5.74, 6) is 0.0300. The van der Waals surface area contributed by atoms with E-state index in [4.69, 9.17) is 4.74 Å². The summed E-state index contributed by atoms with van der Waals surface area (Å²) in [7, 11) is 0. The van der Waals surface area contributed by atoms with Crippen molar-refractivity contribution in [2.75, 3.05) is 6.61 Å². The number of ketones is 1. The van der Waals surface area contributed by atoms with Gasteiger partial charge in [0.1, 0.15) is 18.1 Å². The highest BCUT2D eigenvalue weighted by molar-refractivity contribution is 6.01. The number of carbonyl (C=O) groups excluding carboxylic acids is 1. The number of benzene rings is 2. The van der Waals surface area contributed by atoms with Crippen LogP contribution in [-0.4, -0.2) is 28.2 Å². The molecule has 3 rings (SSSR count). The molecule has 0 saturated carbocycles. The van der Waals surface area contributed by atoms with E-state index in [9.17, 15) is 15.0 Å². The van der Waals surface area contributed by atoms with Gasteiger partial charge in [-0.3, -0.25) is 4.79 Å². The minimum Gasteiger partial charge on any atom is -0.509 e. The van der Waals surface area contributed by atoms with Crippen LogP contribution in [0, 0.1) is 6.92 Å². The Balaban J connectivity index is 2.02. The smallest absolute Gasteiger partial charge is 0.166 e. The van der Waals surface area contributed by atoms with Gasteiger partial charge in [0.05, 0.1) is 0 Å². The minimum absolute atomic E-state index is 0.00766. The Hall–Kier alpha value is -2.85. The minimum atomic E-state index is -1.25. The number of rotatable bonds is 6. The van der Waals surface area contributed by atoms with Crippen LogP contribution >= 0.6 is 0 Å². The molecule has 29 heavy (non-hydrogen) atoms. The molecule has 2 N–H and O–H groups in total. The van der Waals surface area contributed by atoms with E-state index in [1.54, 1.807) is 24.3 Å². The molecule has 1 atom stereocenters. The first-order valence-corrected chi connectivity index (χ1v) is 9.81. The number of aromatic hydroxyl groups is 1. The monoisotopic (exact) mass is 392 g/mol. The van der Waals surface area contributed by atoms with Crippen molar-refractivity contribution in [3.05, 3.63) is 82.1 Å². The number of phenols is 1. The van der Waals surface area contributed by atoms with E-state index in [1.807, 2.05) is 6.07 Å². The topological polar surface area (TPSA) is 66.8 Å². The van der Waals surface area contributed by atoms with Crippen molar-refractivity contribution in [2.24, 2.45) is 0 Å². The summed E-state index contributed by atoms with van der Waals surface area (Å²) < 4.78 is 5.94. The van der Waals surface area contributed by atoms with Gasteiger partial charge < -0.3 is 14.9 Å². The van der Waals surface area contributed by atoms with E-state index in [0.29, 0.717) is 17.6 Å². The molecule has 2 aromatic carbocycles. The second kappa shape index (κ2) is 8.26. The zero-order valence-corrected chi connectivity index (χ0v) is 17.5. The fourth-order valence-electron chi connectivity index (χ4n) is 3.79. The SMILES string of the molecule is CC(=O)C1(Cc2ccc(C)c(CC=C(C)C)c2)OCC(O)=C1c1ccc(O)cc1. The number of aliphatic hydroxyl groups excluding tert-OH is 1. The Morgan fingerprint density at radius 2 is 1.79 bits per heavy atom. The average molecular weight is 392 g/mol. The first-order valence-electron chi connectivity index (χ1n) is 9.81. The lowest BCUT2D eigenvalue weighted by atomic mass is 9.80. The van der Waals surface area contributed by atoms with E-state index >= 15 is 0 Å². The summed E-state index contributed by atoms with van der Waals surface area (Å²) in [5.41, 5.74) is 4.56. The highest BCUT2D eigenvalue weighted by atomic mass is 16.5. The molecule has 152 valence electrons. The van der Waals surface area contributed by atoms with Gasteiger partial charge in [0, 0.05) is 12.0 Å². The van der Waals surface area contributed by atoms with Gasteiger partial charge in [-0.25, -0.2) is 0 Å². The molecule has 4 heteroatoms. The molecule has 0 saturated heterocycles. The lowest BCUT2D eigenvalue weighted by Gasteiger charge is -2.29. The number of Topliss-reactive ketones (excluding diaryl/α,β-unsaturated/α-hetero) is 1. The van der Waals surface area contributed by atoms with Crippen molar-refractivity contribution in [3.8, 4) is 5.75 Å². The Morgan fingerprint density at radius 3 is 2.41 bits per heavy atom. The van der Waals surface area contributed by atoms with Crippen molar-refractivity contribution in [3.63, 3.8) is 0 Å². The maximum atomic E-state index is 12.8. The molecular weight excluding hydrogens is 364 g/mol. The molecule has 0 aliphatic carbocycles. The molecule has 1 unspecified atom stereocenters. The molecule has 1 aliphatic rings. The van der Waals surface area contributed by atoms with Crippen LogP contribution in [0.25, 0.3) is 5.57 Å². The van der Waals surface area contributed by atoms with Crippen molar-refractivity contribution in [2.45, 2.75) is 46.1 Å². The maximum Gasteiger partial charge on any atom is 0.166 e. The van der Waals surface area contributed by atoms with Crippen LogP contribution in [0.3, 0.4) is 0 Å². The third-order valence-electron chi connectivity index (χ3n) is 5.47. The van der Waals surface area contributed by atoms with Gasteiger partial charge >= 0.3 is 0 Å². The standard InChI is InChI=1S/C25H28O4/c1-16(2)5-8-21-13-19(7-6-17(21)3)14-25(18(4)26)24(23(28)15-29-25)20-9-11-22(27)12-10-20/h5-7,9-13,27-28H,8,14-15H2,1-4H3. The molecule has 0 spiro atoms. The molecule has 0 aromatic heterocycles. The van der Waals surface area contributed by atoms with Crippen LogP contribution < -0.4 is 0 Å². The molecule has 0 radical (unpaired) electrons. The number of phenolic OH excluding ortho intramolecular Hbond substituents is 1. The first-order chi connectivity index (χ1) is 13.7. The van der Waals surface area contributed by atoms with Crippen molar-refractivity contribution >= 4 is 11.4 Å². The maximum absolute atomic E-state index is 12.8. The molecule has 1 aliphatic heterocycles. The van der Waals surface area contributed by atoms with Gasteiger partial charge in [-0.2, -0.15) is 0 Å². The second-order valence-electron chi connectivity index (χ2n) is 7.96. The molecule has 0 amide bonds. The second-order valence-corrected chi connectivity index (χ2v) is 7.96. The summed E-state index contributed by atoms with van der Waals surface area (Å²) in [4.78, 5) is 12.8. The van der Waals surface area contributed by atoms with Crippen LogP contribution in [0.4, 0.5) is 0 Å². The van der Waals surface area contributed by atoms with Crippen LogP contribution in [-0.2, 0) is 22.4 Å². The van der Waals surface area contributed by atoms with Crippen LogP contribution in [0.15, 0.2) is 59.9 Å². The number of aliphatic hydroxyl groups is 1. The average Bonchev–Trinajstić information content (AvgIpc) is 3.00. The fourth-order valence-corrected chi connectivity index (χ4v) is 3.79. The third-order valence-corrected chi connectivity index (χ3v) is 5.47. The lowest BCUT2D eigenvalue weighted by Crippen LogP contribution is -2.41. The highest BCUT2D eigenvalue weighted by Crippen LogP contribution is 2.42. The number of allylic oxidation sites excluding steroid dienone is 2. The van der Waals surface area contributed by atoms with Gasteiger partial charge in [0.25, 0.3) is 0 Å². The van der Waals surface area contributed by atoms with Crippen LogP contribution in [0.1, 0.15) is 43.0 Å². The Labute approximate surface area is 172 Å². The number of ether oxygens (including phenoxy) is 1. The van der Waals surface area contributed by atoms with E-state index in [2.05, 4.69) is 39.0 Å². The Bertz CT molecular complexity index is 978. The van der Waals surface area contributed by atoms with E-state index in [0.717, 1.165) is 12.0 Å². The first kappa shape index (κ1) is 20.9. The lowest BCUT2D eigenvalue weighted by molar-refractivity contribution is -0.132. The molecular formula is C25H28O4. The van der Waals surface area contributed by atoms with Crippen molar-refractivity contribution in [1.29, 1.82) is 0 Å². The predicted octanol–water partition coefficient (Wildman–Crippen LogP) is 5.08. The molecule has 4 nitrogen and oxygen atoms in total. The normalized spacial score (nSPS) is 18.8. The highest BCUT2D eigenvalue weighted by Gasteiger charge is 2.47. The largest absolute Gasteiger partial charge is 0.509 e. The number of hydrogen-bond donors (Lipinski definition) is 2. The zero-order valence-electron chi connectivity index (χ0n) is 17.5. The zero-order chi connectivity index (χ0) is 21.2. The van der Waals surface area contributed by atoms with Gasteiger partial charge in [-0.1, -0.05) is 42.0 Å². The molecule has 2 aromatic rings. The Kier molecular flexibility index (Phi) is 5.94. The Morgan fingerprint density at radius 1 is 1.10 bits per heavy atom. The fraction of sp³-hybridized carbons (Fsp3) is 0.320. The molecule has 1 heterocycles. The number of aryl methyl sites for hydroxylation is 1. The molecule has 0 bridgehead atoms. The van der Waals surface area contributed by atoms with E-state index in [1.165, 1.54) is 23.6 Å². The number of hydrogen-bond acceptors (Lipinski definition) is 4. The van der Waals surface area contributed by atoms with Crippen molar-refractivity contribution < 1.29 is 19.7 Å². The van der Waals surface area contributed by atoms with E-state index < -0.39 is 5.60 Å². The quantitative estimate of drug-likeness (QED) is 0.673. The van der Waals surface area contributed by atoms with Gasteiger partial charge in [-0.15, -0.1) is 0 Å². The van der Waals surface area contributed by atoms with E-state index in [-0.39, 0.29) is 23.9 Å². The predicted molar refractivity (Wildman–Crippen MR) is 115 cm³/mol. The van der Waals surface area contributed by atoms with Crippen LogP contribution in [0.5, 0.6) is 5.75 Å². The summed E-state index contributed by atoms with van der Waals surface area (Å²) in [6, 6.07) is 12.7. The van der Waals surface area contributed by atoms with Gasteiger partial charge in [-0.05, 0) is 68.5 Å². The van der Waals surface area contributed by atoms with Gasteiger partial charge in [0.2, 0.25) is 0 Å². The summed E-state index contributed by atoms with van der Waals surface area (Å²) >= 11 is 0.